The van der Waals surface area contributed by atoms with Gasteiger partial charge in [-0.2, -0.15) is 0 Å². The Labute approximate surface area is 105 Å². The molecule has 17 heavy (non-hydrogen) atoms. The van der Waals surface area contributed by atoms with Gasteiger partial charge in [-0.3, -0.25) is 0 Å². The van der Waals surface area contributed by atoms with E-state index in [0.29, 0.717) is 11.7 Å². The van der Waals surface area contributed by atoms with Crippen LogP contribution in [0.2, 0.25) is 0 Å². The van der Waals surface area contributed by atoms with Crippen molar-refractivity contribution in [1.82, 2.24) is 0 Å². The second-order valence-electron chi connectivity index (χ2n) is 5.15. The van der Waals surface area contributed by atoms with Crippen molar-refractivity contribution >= 4 is 0 Å². The minimum Gasteiger partial charge on any atom is -0.508 e. The van der Waals surface area contributed by atoms with Crippen molar-refractivity contribution in [3.8, 4) is 5.75 Å². The Morgan fingerprint density at radius 2 is 1.71 bits per heavy atom. The second-order valence-corrected chi connectivity index (χ2v) is 5.15. The van der Waals surface area contributed by atoms with Crippen LogP contribution in [0.5, 0.6) is 5.75 Å². The SMILES string of the molecule is CCC(CCC(C)N)c1c(C)cc(O)cc1C. The summed E-state index contributed by atoms with van der Waals surface area (Å²) in [5.41, 5.74) is 9.62. The predicted octanol–water partition coefficient (Wildman–Crippen LogP) is 3.63. The molecule has 0 heterocycles. The van der Waals surface area contributed by atoms with Gasteiger partial charge in [0, 0.05) is 6.04 Å². The fourth-order valence-corrected chi connectivity index (χ4v) is 2.61. The van der Waals surface area contributed by atoms with Gasteiger partial charge in [0.1, 0.15) is 5.75 Å². The van der Waals surface area contributed by atoms with Crippen LogP contribution < -0.4 is 5.73 Å². The highest BCUT2D eigenvalue weighted by Gasteiger charge is 2.15. The summed E-state index contributed by atoms with van der Waals surface area (Å²) >= 11 is 0. The molecule has 2 nitrogen and oxygen atoms in total. The average Bonchev–Trinajstić information content (AvgIpc) is 2.21. The van der Waals surface area contributed by atoms with Gasteiger partial charge in [0.05, 0.1) is 0 Å². The largest absolute Gasteiger partial charge is 0.508 e. The summed E-state index contributed by atoms with van der Waals surface area (Å²) in [7, 11) is 0. The highest BCUT2D eigenvalue weighted by molar-refractivity contribution is 5.42. The van der Waals surface area contributed by atoms with Crippen molar-refractivity contribution in [3.05, 3.63) is 28.8 Å². The van der Waals surface area contributed by atoms with Gasteiger partial charge in [0.2, 0.25) is 0 Å². The maximum atomic E-state index is 9.57. The van der Waals surface area contributed by atoms with E-state index < -0.39 is 0 Å². The number of hydrogen-bond donors (Lipinski definition) is 2. The van der Waals surface area contributed by atoms with Crippen molar-refractivity contribution in [1.29, 1.82) is 0 Å². The monoisotopic (exact) mass is 235 g/mol. The maximum absolute atomic E-state index is 9.57. The Balaban J connectivity index is 2.95. The Kier molecular flexibility index (Phi) is 5.01. The number of nitrogens with two attached hydrogens (primary N) is 1. The van der Waals surface area contributed by atoms with Crippen molar-refractivity contribution in [2.45, 2.75) is 58.9 Å². The van der Waals surface area contributed by atoms with Crippen LogP contribution in [0.4, 0.5) is 0 Å². The number of aromatic hydroxyl groups is 1. The van der Waals surface area contributed by atoms with E-state index in [9.17, 15) is 5.11 Å². The van der Waals surface area contributed by atoms with Crippen molar-refractivity contribution < 1.29 is 5.11 Å². The van der Waals surface area contributed by atoms with Crippen LogP contribution in [0.3, 0.4) is 0 Å². The Hall–Kier alpha value is -1.02. The lowest BCUT2D eigenvalue weighted by atomic mass is 9.85. The first-order valence-corrected chi connectivity index (χ1v) is 6.51. The molecule has 2 atom stereocenters. The molecule has 2 unspecified atom stereocenters. The zero-order chi connectivity index (χ0) is 13.0. The van der Waals surface area contributed by atoms with Crippen molar-refractivity contribution in [2.75, 3.05) is 0 Å². The third-order valence-corrected chi connectivity index (χ3v) is 3.45. The topological polar surface area (TPSA) is 46.2 Å². The van der Waals surface area contributed by atoms with Crippen LogP contribution in [0.1, 0.15) is 55.7 Å². The van der Waals surface area contributed by atoms with Crippen LogP contribution in [0, 0.1) is 13.8 Å². The third kappa shape index (κ3) is 3.74. The fraction of sp³-hybridized carbons (Fsp3) is 0.600. The van der Waals surface area contributed by atoms with Gasteiger partial charge in [-0.25, -0.2) is 0 Å². The van der Waals surface area contributed by atoms with Crippen LogP contribution in [-0.4, -0.2) is 11.1 Å². The molecule has 0 fully saturated rings. The van der Waals surface area contributed by atoms with Gasteiger partial charge in [-0.05, 0) is 74.8 Å². The molecule has 0 aliphatic rings. The molecule has 0 aliphatic heterocycles. The van der Waals surface area contributed by atoms with Gasteiger partial charge < -0.3 is 10.8 Å². The zero-order valence-electron chi connectivity index (χ0n) is 11.5. The fourth-order valence-electron chi connectivity index (χ4n) is 2.61. The molecule has 1 rings (SSSR count). The van der Waals surface area contributed by atoms with E-state index >= 15 is 0 Å². The first-order chi connectivity index (χ1) is 7.95. The zero-order valence-corrected chi connectivity index (χ0v) is 11.5. The van der Waals surface area contributed by atoms with E-state index in [-0.39, 0.29) is 6.04 Å². The number of rotatable bonds is 5. The van der Waals surface area contributed by atoms with Gasteiger partial charge >= 0.3 is 0 Å². The minimum absolute atomic E-state index is 0.266. The summed E-state index contributed by atoms with van der Waals surface area (Å²) in [6.45, 7) is 8.44. The normalized spacial score (nSPS) is 14.6. The summed E-state index contributed by atoms with van der Waals surface area (Å²) in [4.78, 5) is 0. The molecule has 0 aromatic heterocycles. The lowest BCUT2D eigenvalue weighted by Gasteiger charge is -2.21. The molecular formula is C15H25NO. The highest BCUT2D eigenvalue weighted by Crippen LogP contribution is 2.32. The maximum Gasteiger partial charge on any atom is 0.116 e. The molecule has 0 amide bonds. The summed E-state index contributed by atoms with van der Waals surface area (Å²) in [6.07, 6.45) is 3.30. The summed E-state index contributed by atoms with van der Waals surface area (Å²) in [5, 5.41) is 9.57. The molecule has 2 heteroatoms. The molecule has 0 saturated carbocycles. The first-order valence-electron chi connectivity index (χ1n) is 6.51. The van der Waals surface area contributed by atoms with Gasteiger partial charge in [0.25, 0.3) is 0 Å². The third-order valence-electron chi connectivity index (χ3n) is 3.45. The smallest absolute Gasteiger partial charge is 0.116 e. The average molecular weight is 235 g/mol. The summed E-state index contributed by atoms with van der Waals surface area (Å²) < 4.78 is 0. The van der Waals surface area contributed by atoms with Gasteiger partial charge in [0.15, 0.2) is 0 Å². The predicted molar refractivity (Wildman–Crippen MR) is 73.5 cm³/mol. The molecule has 96 valence electrons. The molecule has 1 aromatic carbocycles. The Morgan fingerprint density at radius 1 is 1.18 bits per heavy atom. The standard InChI is InChI=1S/C15H25NO/c1-5-13(7-6-12(4)16)15-10(2)8-14(17)9-11(15)3/h8-9,12-13,17H,5-7,16H2,1-4H3. The molecule has 1 aromatic rings. The van der Waals surface area contributed by atoms with Crippen molar-refractivity contribution in [3.63, 3.8) is 0 Å². The van der Waals surface area contributed by atoms with Crippen LogP contribution >= 0.6 is 0 Å². The molecule has 0 aliphatic carbocycles. The molecule has 0 spiro atoms. The molecule has 0 saturated heterocycles. The van der Waals surface area contributed by atoms with Gasteiger partial charge in [-0.1, -0.05) is 6.92 Å². The van der Waals surface area contributed by atoms with E-state index in [1.807, 2.05) is 12.1 Å². The lowest BCUT2D eigenvalue weighted by Crippen LogP contribution is -2.16. The Morgan fingerprint density at radius 3 is 2.12 bits per heavy atom. The highest BCUT2D eigenvalue weighted by atomic mass is 16.3. The summed E-state index contributed by atoms with van der Waals surface area (Å²) in [5.74, 6) is 0.924. The number of phenolic OH excluding ortho intramolecular Hbond substituents is 1. The number of hydrogen-bond acceptors (Lipinski definition) is 2. The minimum atomic E-state index is 0.266. The number of phenols is 1. The van der Waals surface area contributed by atoms with Gasteiger partial charge in [-0.15, -0.1) is 0 Å². The van der Waals surface area contributed by atoms with E-state index in [4.69, 9.17) is 5.73 Å². The number of benzene rings is 1. The summed E-state index contributed by atoms with van der Waals surface area (Å²) in [6, 6.07) is 3.98. The lowest BCUT2D eigenvalue weighted by molar-refractivity contribution is 0.472. The molecule has 3 N–H and O–H groups in total. The van der Waals surface area contributed by atoms with E-state index in [1.165, 1.54) is 16.7 Å². The number of aryl methyl sites for hydroxylation is 2. The molecular weight excluding hydrogens is 210 g/mol. The van der Waals surface area contributed by atoms with E-state index in [2.05, 4.69) is 27.7 Å². The van der Waals surface area contributed by atoms with E-state index in [1.54, 1.807) is 0 Å². The first kappa shape index (κ1) is 14.0. The van der Waals surface area contributed by atoms with E-state index in [0.717, 1.165) is 19.3 Å². The second kappa shape index (κ2) is 6.06. The van der Waals surface area contributed by atoms with Crippen molar-refractivity contribution in [2.24, 2.45) is 5.73 Å². The van der Waals surface area contributed by atoms with Crippen LogP contribution in [0.15, 0.2) is 12.1 Å². The Bertz CT molecular complexity index is 348. The molecule has 0 radical (unpaired) electrons. The van der Waals surface area contributed by atoms with Crippen LogP contribution in [-0.2, 0) is 0 Å². The molecule has 0 bridgehead atoms. The quantitative estimate of drug-likeness (QED) is 0.818. The van der Waals surface area contributed by atoms with Crippen LogP contribution in [0.25, 0.3) is 0 Å².